The van der Waals surface area contributed by atoms with Crippen molar-refractivity contribution in [2.75, 3.05) is 19.6 Å². The molecule has 0 aliphatic rings. The van der Waals surface area contributed by atoms with E-state index in [1.54, 1.807) is 0 Å². The van der Waals surface area contributed by atoms with Gasteiger partial charge in [0.25, 0.3) is 0 Å². The summed E-state index contributed by atoms with van der Waals surface area (Å²) < 4.78 is 28.6. The largest absolute Gasteiger partial charge is 0.437 e. The van der Waals surface area contributed by atoms with E-state index in [1.807, 2.05) is 12.1 Å². The fourth-order valence-electron chi connectivity index (χ4n) is 4.68. The average molecular weight is 595 g/mol. The van der Waals surface area contributed by atoms with Crippen LogP contribution >= 0.6 is 0 Å². The Hall–Kier alpha value is -0.716. The van der Waals surface area contributed by atoms with Crippen LogP contribution in [0.1, 0.15) is 6.42 Å². The number of nitrogens with one attached hydrogen (secondary N) is 1. The van der Waals surface area contributed by atoms with E-state index < -0.39 is 42.3 Å². The number of rotatable bonds is 16. The van der Waals surface area contributed by atoms with E-state index in [0.29, 0.717) is 6.54 Å². The molecule has 0 bridgehead atoms. The number of hydrogen-bond donors (Lipinski definition) is 2. The Morgan fingerprint density at radius 1 is 0.622 bits per heavy atom. The zero-order chi connectivity index (χ0) is 27.8. The lowest BCUT2D eigenvalue weighted by Crippen LogP contribution is -2.72. The Kier molecular flexibility index (Phi) is 11.9. The molecule has 6 nitrogen and oxygen atoms in total. The van der Waals surface area contributed by atoms with E-state index in [1.165, 1.54) is 0 Å². The third-order valence-electron chi connectivity index (χ3n) is 5.44. The van der Waals surface area contributed by atoms with Crippen molar-refractivity contribution in [2.45, 2.75) is 71.4 Å². The zero-order valence-electron chi connectivity index (χ0n) is 24.5. The van der Waals surface area contributed by atoms with Crippen LogP contribution in [0, 0.1) is 0 Å². The van der Waals surface area contributed by atoms with Gasteiger partial charge in [0.1, 0.15) is 0 Å². The van der Waals surface area contributed by atoms with Gasteiger partial charge in [-0.1, -0.05) is 60.7 Å². The molecule has 0 aliphatic heterocycles. The van der Waals surface area contributed by atoms with Crippen LogP contribution < -0.4 is 21.4 Å². The normalized spacial score (nSPS) is 15.0. The topological polar surface area (TPSA) is 75.0 Å². The molecule has 0 fully saturated rings. The van der Waals surface area contributed by atoms with Gasteiger partial charge in [-0.3, -0.25) is 0 Å². The number of hydrogen-bond acceptors (Lipinski definition) is 6. The molecular formula is C26H50N2O4Si5. The molecule has 0 aliphatic carbocycles. The van der Waals surface area contributed by atoms with Crippen molar-refractivity contribution >= 4 is 52.7 Å². The van der Waals surface area contributed by atoms with Gasteiger partial charge in [0.15, 0.2) is 16.6 Å². The highest BCUT2D eigenvalue weighted by Crippen LogP contribution is 2.29. The molecule has 0 saturated heterocycles. The molecule has 0 saturated carbocycles. The third-order valence-corrected chi connectivity index (χ3v) is 23.5. The lowest BCUT2D eigenvalue weighted by molar-refractivity contribution is 0.305. The van der Waals surface area contributed by atoms with Crippen molar-refractivity contribution < 1.29 is 16.5 Å². The predicted molar refractivity (Wildman–Crippen MR) is 169 cm³/mol. The Balaban J connectivity index is 2.65. The summed E-state index contributed by atoms with van der Waals surface area (Å²) in [6.07, 6.45) is 0.966. The molecule has 0 aromatic heterocycles. The number of nitrogens with two attached hydrogens (primary N) is 1. The van der Waals surface area contributed by atoms with Crippen molar-refractivity contribution in [3.05, 3.63) is 60.7 Å². The van der Waals surface area contributed by atoms with Crippen molar-refractivity contribution in [1.29, 1.82) is 0 Å². The van der Waals surface area contributed by atoms with Crippen molar-refractivity contribution in [1.82, 2.24) is 5.32 Å². The molecule has 1 atom stereocenters. The van der Waals surface area contributed by atoms with E-state index in [-0.39, 0.29) is 0 Å². The fraction of sp³-hybridized carbons (Fsp3) is 0.538. The van der Waals surface area contributed by atoms with E-state index in [2.05, 4.69) is 113 Å². The number of benzene rings is 2. The van der Waals surface area contributed by atoms with Gasteiger partial charge in [-0.05, 0) is 88.3 Å². The lowest BCUT2D eigenvalue weighted by atomic mass is 10.4. The summed E-state index contributed by atoms with van der Waals surface area (Å²) in [7, 11) is -12.3. The first-order valence-electron chi connectivity index (χ1n) is 13.4. The molecule has 0 spiro atoms. The van der Waals surface area contributed by atoms with Gasteiger partial charge >= 0.3 is 25.7 Å². The van der Waals surface area contributed by atoms with E-state index in [0.717, 1.165) is 35.9 Å². The lowest BCUT2D eigenvalue weighted by Gasteiger charge is -2.45. The van der Waals surface area contributed by atoms with Crippen molar-refractivity contribution in [2.24, 2.45) is 5.73 Å². The smallest absolute Gasteiger partial charge is 0.389 e. The van der Waals surface area contributed by atoms with Crippen molar-refractivity contribution in [3.63, 3.8) is 0 Å². The maximum Gasteiger partial charge on any atom is 0.389 e. The van der Waals surface area contributed by atoms with Crippen molar-refractivity contribution in [3.8, 4) is 0 Å². The zero-order valence-corrected chi connectivity index (χ0v) is 29.5. The molecule has 208 valence electrons. The molecule has 0 radical (unpaired) electrons. The standard InChI is InChI=1S/C26H50N2O4Si5/c1-33(2,3)29-35(7,8)31-37(25-17-12-10-13-18-25,26-19-14-11-15-20-26)32-36(9,30-34(4,5)6)24-16-22-28-23-21-27/h10-15,17-20,28H,16,21-24,27H2,1-9H3. The minimum absolute atomic E-state index is 0.638. The fourth-order valence-corrected chi connectivity index (χ4v) is 27.7. The van der Waals surface area contributed by atoms with Crippen LogP contribution in [0.25, 0.3) is 0 Å². The van der Waals surface area contributed by atoms with Crippen LogP contribution in [0.15, 0.2) is 60.7 Å². The monoisotopic (exact) mass is 594 g/mol. The SMILES string of the molecule is C[Si](C)(C)O[Si](C)(C)O[Si](O[Si](C)(CCCNCCN)O[Si](C)(C)C)(c1ccccc1)c1ccccc1. The van der Waals surface area contributed by atoms with Gasteiger partial charge in [0.2, 0.25) is 0 Å². The van der Waals surface area contributed by atoms with Gasteiger partial charge in [-0.25, -0.2) is 0 Å². The van der Waals surface area contributed by atoms with Crippen LogP contribution in [-0.2, 0) is 16.5 Å². The van der Waals surface area contributed by atoms with E-state index >= 15 is 0 Å². The summed E-state index contributed by atoms with van der Waals surface area (Å²) in [6.45, 7) is 22.3. The quantitative estimate of drug-likeness (QED) is 0.217. The molecule has 37 heavy (non-hydrogen) atoms. The van der Waals surface area contributed by atoms with Gasteiger partial charge < -0.3 is 27.5 Å². The Labute approximate surface area is 231 Å². The summed E-state index contributed by atoms with van der Waals surface area (Å²) in [5.74, 6) is 0. The summed E-state index contributed by atoms with van der Waals surface area (Å²) in [6, 6.07) is 21.9. The average Bonchev–Trinajstić information content (AvgIpc) is 2.76. The van der Waals surface area contributed by atoms with Crippen LogP contribution in [0.2, 0.25) is 65.0 Å². The second-order valence-electron chi connectivity index (χ2n) is 12.2. The third kappa shape index (κ3) is 11.1. The van der Waals surface area contributed by atoms with Gasteiger partial charge in [-0.15, -0.1) is 0 Å². The molecule has 2 rings (SSSR count). The highest BCUT2D eigenvalue weighted by molar-refractivity contribution is 7.02. The first-order chi connectivity index (χ1) is 17.1. The highest BCUT2D eigenvalue weighted by Gasteiger charge is 2.54. The maximum absolute atomic E-state index is 7.52. The first-order valence-corrected chi connectivity index (χ1v) is 27.4. The van der Waals surface area contributed by atoms with Crippen LogP contribution in [0.5, 0.6) is 0 Å². The second kappa shape index (κ2) is 13.6. The Morgan fingerprint density at radius 2 is 1.11 bits per heavy atom. The second-order valence-corrected chi connectivity index (χ2v) is 31.8. The van der Waals surface area contributed by atoms with Gasteiger partial charge in [0.05, 0.1) is 0 Å². The molecule has 11 heteroatoms. The Bertz CT molecular complexity index is 900. The first kappa shape index (κ1) is 32.5. The summed E-state index contributed by atoms with van der Waals surface area (Å²) >= 11 is 0. The van der Waals surface area contributed by atoms with Crippen LogP contribution in [0.3, 0.4) is 0 Å². The summed E-state index contributed by atoms with van der Waals surface area (Å²) in [5.41, 5.74) is 5.68. The van der Waals surface area contributed by atoms with E-state index in [4.69, 9.17) is 22.2 Å². The minimum atomic E-state index is -3.22. The molecule has 3 N–H and O–H groups in total. The molecule has 1 unspecified atom stereocenters. The van der Waals surface area contributed by atoms with Gasteiger partial charge in [0, 0.05) is 13.1 Å². The molecule has 0 amide bonds. The van der Waals surface area contributed by atoms with Crippen LogP contribution in [0.4, 0.5) is 0 Å². The Morgan fingerprint density at radius 3 is 1.54 bits per heavy atom. The van der Waals surface area contributed by atoms with Gasteiger partial charge in [-0.2, -0.15) is 0 Å². The minimum Gasteiger partial charge on any atom is -0.437 e. The summed E-state index contributed by atoms with van der Waals surface area (Å²) in [4.78, 5) is 0. The summed E-state index contributed by atoms with van der Waals surface area (Å²) in [5, 5.41) is 5.62. The van der Waals surface area contributed by atoms with Crippen LogP contribution in [-0.4, -0.2) is 62.0 Å². The van der Waals surface area contributed by atoms with E-state index in [9.17, 15) is 0 Å². The molecular weight excluding hydrogens is 545 g/mol. The molecule has 2 aromatic rings. The predicted octanol–water partition coefficient (Wildman–Crippen LogP) is 4.69. The molecule has 0 heterocycles. The maximum atomic E-state index is 7.52. The highest BCUT2D eigenvalue weighted by atomic mass is 28.5. The molecule has 2 aromatic carbocycles.